The SMILES string of the molecule is CCC1(CC)C(=O)NC(C)C(=O)N1Cc1cccc(F)c1. The summed E-state index contributed by atoms with van der Waals surface area (Å²) in [6.45, 7) is 5.71. The van der Waals surface area contributed by atoms with Crippen LogP contribution in [0.2, 0.25) is 0 Å². The molecule has 1 aromatic carbocycles. The molecule has 1 atom stereocenters. The van der Waals surface area contributed by atoms with Crippen LogP contribution in [0.15, 0.2) is 24.3 Å². The molecule has 1 heterocycles. The molecule has 1 fully saturated rings. The van der Waals surface area contributed by atoms with Gasteiger partial charge in [0.25, 0.3) is 0 Å². The van der Waals surface area contributed by atoms with Crippen molar-refractivity contribution in [1.82, 2.24) is 10.2 Å². The van der Waals surface area contributed by atoms with Crippen molar-refractivity contribution in [2.24, 2.45) is 0 Å². The second kappa shape index (κ2) is 5.84. The Balaban J connectivity index is 2.39. The molecule has 1 aromatic rings. The van der Waals surface area contributed by atoms with E-state index in [0.717, 1.165) is 0 Å². The van der Waals surface area contributed by atoms with Crippen molar-refractivity contribution in [3.63, 3.8) is 0 Å². The summed E-state index contributed by atoms with van der Waals surface area (Å²) in [4.78, 5) is 26.5. The van der Waals surface area contributed by atoms with Gasteiger partial charge in [0.2, 0.25) is 11.8 Å². The van der Waals surface area contributed by atoms with Crippen LogP contribution in [-0.2, 0) is 16.1 Å². The number of amides is 2. The van der Waals surface area contributed by atoms with E-state index in [2.05, 4.69) is 5.32 Å². The van der Waals surface area contributed by atoms with E-state index in [-0.39, 0.29) is 24.2 Å². The van der Waals surface area contributed by atoms with Crippen molar-refractivity contribution >= 4 is 11.8 Å². The molecule has 1 aliphatic rings. The summed E-state index contributed by atoms with van der Waals surface area (Å²) in [6, 6.07) is 5.60. The van der Waals surface area contributed by atoms with Gasteiger partial charge in [0.1, 0.15) is 17.4 Å². The molecule has 1 unspecified atom stereocenters. The maximum Gasteiger partial charge on any atom is 0.246 e. The summed E-state index contributed by atoms with van der Waals surface area (Å²) < 4.78 is 13.3. The highest BCUT2D eigenvalue weighted by Gasteiger charge is 2.49. The van der Waals surface area contributed by atoms with Crippen molar-refractivity contribution < 1.29 is 14.0 Å². The van der Waals surface area contributed by atoms with Crippen molar-refractivity contribution in [3.05, 3.63) is 35.6 Å². The zero-order valence-corrected chi connectivity index (χ0v) is 12.6. The molecule has 1 N–H and O–H groups in total. The first-order valence-corrected chi connectivity index (χ1v) is 7.31. The summed E-state index contributed by atoms with van der Waals surface area (Å²) in [5.74, 6) is -0.591. The Morgan fingerprint density at radius 1 is 1.29 bits per heavy atom. The fourth-order valence-electron chi connectivity index (χ4n) is 2.96. The monoisotopic (exact) mass is 292 g/mol. The zero-order chi connectivity index (χ0) is 15.6. The highest BCUT2D eigenvalue weighted by Crippen LogP contribution is 2.30. The average Bonchev–Trinajstić information content (AvgIpc) is 2.46. The molecule has 0 spiro atoms. The molecule has 0 bridgehead atoms. The molecular weight excluding hydrogens is 271 g/mol. The zero-order valence-electron chi connectivity index (χ0n) is 12.6. The molecular formula is C16H21FN2O2. The number of halogens is 1. The van der Waals surface area contributed by atoms with Gasteiger partial charge in [-0.15, -0.1) is 0 Å². The minimum atomic E-state index is -0.851. The second-order valence-electron chi connectivity index (χ2n) is 5.49. The number of hydrogen-bond acceptors (Lipinski definition) is 2. The lowest BCUT2D eigenvalue weighted by molar-refractivity contribution is -0.158. The van der Waals surface area contributed by atoms with Gasteiger partial charge in [0.05, 0.1) is 0 Å². The van der Waals surface area contributed by atoms with Gasteiger partial charge in [0, 0.05) is 6.54 Å². The van der Waals surface area contributed by atoms with E-state index in [1.165, 1.54) is 12.1 Å². The number of nitrogens with zero attached hydrogens (tertiary/aromatic N) is 1. The van der Waals surface area contributed by atoms with Crippen LogP contribution in [0.5, 0.6) is 0 Å². The fourth-order valence-corrected chi connectivity index (χ4v) is 2.96. The summed E-state index contributed by atoms with van der Waals surface area (Å²) >= 11 is 0. The summed E-state index contributed by atoms with van der Waals surface area (Å²) in [5.41, 5.74) is -0.160. The lowest BCUT2D eigenvalue weighted by atomic mass is 9.85. The van der Waals surface area contributed by atoms with Crippen LogP contribution in [0.4, 0.5) is 4.39 Å². The number of nitrogens with one attached hydrogen (secondary N) is 1. The van der Waals surface area contributed by atoms with E-state index in [0.29, 0.717) is 18.4 Å². The van der Waals surface area contributed by atoms with E-state index >= 15 is 0 Å². The average molecular weight is 292 g/mol. The van der Waals surface area contributed by atoms with Crippen molar-refractivity contribution in [2.75, 3.05) is 0 Å². The van der Waals surface area contributed by atoms with E-state index in [4.69, 9.17) is 0 Å². The van der Waals surface area contributed by atoms with Gasteiger partial charge in [-0.1, -0.05) is 26.0 Å². The molecule has 2 amide bonds. The third kappa shape index (κ3) is 2.64. The Hall–Kier alpha value is -1.91. The number of rotatable bonds is 4. The van der Waals surface area contributed by atoms with Gasteiger partial charge in [-0.2, -0.15) is 0 Å². The molecule has 5 heteroatoms. The predicted molar refractivity (Wildman–Crippen MR) is 77.9 cm³/mol. The van der Waals surface area contributed by atoms with Gasteiger partial charge >= 0.3 is 0 Å². The topological polar surface area (TPSA) is 49.4 Å². The maximum absolute atomic E-state index is 13.3. The van der Waals surface area contributed by atoms with Crippen LogP contribution >= 0.6 is 0 Å². The highest BCUT2D eigenvalue weighted by atomic mass is 19.1. The van der Waals surface area contributed by atoms with Gasteiger partial charge in [-0.25, -0.2) is 4.39 Å². The third-order valence-electron chi connectivity index (χ3n) is 4.32. The van der Waals surface area contributed by atoms with Crippen LogP contribution < -0.4 is 5.32 Å². The fraction of sp³-hybridized carbons (Fsp3) is 0.500. The van der Waals surface area contributed by atoms with E-state index in [1.54, 1.807) is 24.0 Å². The Bertz CT molecular complexity index is 555. The van der Waals surface area contributed by atoms with Gasteiger partial charge in [-0.3, -0.25) is 9.59 Å². The molecule has 114 valence electrons. The van der Waals surface area contributed by atoms with Crippen LogP contribution in [0.3, 0.4) is 0 Å². The molecule has 1 saturated heterocycles. The van der Waals surface area contributed by atoms with Crippen molar-refractivity contribution in [2.45, 2.75) is 51.7 Å². The molecule has 4 nitrogen and oxygen atoms in total. The molecule has 2 rings (SSSR count). The molecule has 0 aliphatic carbocycles. The number of carbonyl (C=O) groups excluding carboxylic acids is 2. The van der Waals surface area contributed by atoms with Crippen molar-refractivity contribution in [1.29, 1.82) is 0 Å². The largest absolute Gasteiger partial charge is 0.343 e. The Labute approximate surface area is 124 Å². The van der Waals surface area contributed by atoms with Crippen LogP contribution in [0.25, 0.3) is 0 Å². The smallest absolute Gasteiger partial charge is 0.246 e. The second-order valence-corrected chi connectivity index (χ2v) is 5.49. The van der Waals surface area contributed by atoms with E-state index < -0.39 is 11.6 Å². The summed E-state index contributed by atoms with van der Waals surface area (Å²) in [6.07, 6.45) is 1.06. The Kier molecular flexibility index (Phi) is 4.30. The first-order valence-electron chi connectivity index (χ1n) is 7.31. The molecule has 0 saturated carbocycles. The maximum atomic E-state index is 13.3. The minimum absolute atomic E-state index is 0.123. The lowest BCUT2D eigenvalue weighted by Crippen LogP contribution is -2.69. The highest BCUT2D eigenvalue weighted by molar-refractivity contribution is 5.99. The lowest BCUT2D eigenvalue weighted by Gasteiger charge is -2.47. The Morgan fingerprint density at radius 2 is 1.95 bits per heavy atom. The molecule has 0 aromatic heterocycles. The minimum Gasteiger partial charge on any atom is -0.343 e. The Morgan fingerprint density at radius 3 is 2.52 bits per heavy atom. The van der Waals surface area contributed by atoms with Crippen LogP contribution in [0.1, 0.15) is 39.2 Å². The summed E-state index contributed by atoms with van der Waals surface area (Å²) in [5, 5.41) is 2.74. The van der Waals surface area contributed by atoms with Gasteiger partial charge < -0.3 is 10.2 Å². The first-order chi connectivity index (χ1) is 9.94. The number of piperazine rings is 1. The molecule has 0 radical (unpaired) electrons. The van der Waals surface area contributed by atoms with E-state index in [9.17, 15) is 14.0 Å². The first kappa shape index (κ1) is 15.5. The number of carbonyl (C=O) groups is 2. The van der Waals surface area contributed by atoms with Crippen molar-refractivity contribution in [3.8, 4) is 0 Å². The van der Waals surface area contributed by atoms with E-state index in [1.807, 2.05) is 13.8 Å². The molecule has 1 aliphatic heterocycles. The standard InChI is InChI=1S/C16H21FN2O2/c1-4-16(5-2)15(21)18-11(3)14(20)19(16)10-12-7-6-8-13(17)9-12/h6-9,11H,4-5,10H2,1-3H3,(H,18,21). The number of benzene rings is 1. The van der Waals surface area contributed by atoms with Crippen LogP contribution in [0, 0.1) is 5.82 Å². The quantitative estimate of drug-likeness (QED) is 0.925. The number of hydrogen-bond donors (Lipinski definition) is 1. The van der Waals surface area contributed by atoms with Crippen LogP contribution in [-0.4, -0.2) is 28.3 Å². The summed E-state index contributed by atoms with van der Waals surface area (Å²) in [7, 11) is 0. The third-order valence-corrected chi connectivity index (χ3v) is 4.32. The predicted octanol–water partition coefficient (Wildman–Crippen LogP) is 2.23. The normalized spacial score (nSPS) is 21.3. The van der Waals surface area contributed by atoms with Gasteiger partial charge in [-0.05, 0) is 37.5 Å². The molecule has 21 heavy (non-hydrogen) atoms. The van der Waals surface area contributed by atoms with Gasteiger partial charge in [0.15, 0.2) is 0 Å².